The summed E-state index contributed by atoms with van der Waals surface area (Å²) in [5, 5.41) is 6.97. The molecular formula is C22H23N7O. The Hall–Kier alpha value is -3.81. The zero-order chi connectivity index (χ0) is 20.8. The molecule has 1 aromatic carbocycles. The van der Waals surface area contributed by atoms with Gasteiger partial charge in [0.1, 0.15) is 18.5 Å². The van der Waals surface area contributed by atoms with Gasteiger partial charge in [0.15, 0.2) is 0 Å². The van der Waals surface area contributed by atoms with Gasteiger partial charge in [-0.05, 0) is 25.5 Å². The lowest BCUT2D eigenvalue weighted by molar-refractivity contribution is -0.121. The number of rotatable bonds is 8. The Bertz CT molecular complexity index is 1090. The highest BCUT2D eigenvalue weighted by Crippen LogP contribution is 2.29. The lowest BCUT2D eigenvalue weighted by Gasteiger charge is -2.03. The number of carbonyl (C=O) groups is 1. The Morgan fingerprint density at radius 3 is 2.77 bits per heavy atom. The third kappa shape index (κ3) is 4.78. The van der Waals surface area contributed by atoms with E-state index in [-0.39, 0.29) is 5.91 Å². The lowest BCUT2D eigenvalue weighted by Crippen LogP contribution is -2.23. The molecule has 0 saturated carbocycles. The number of hydrogen-bond acceptors (Lipinski definition) is 5. The summed E-state index contributed by atoms with van der Waals surface area (Å²) in [6.45, 7) is 3.04. The van der Waals surface area contributed by atoms with Crippen LogP contribution in [0.4, 0.5) is 0 Å². The molecule has 0 unspecified atom stereocenters. The number of aromatic amines is 1. The predicted molar refractivity (Wildman–Crippen MR) is 113 cm³/mol. The zero-order valence-corrected chi connectivity index (χ0v) is 16.7. The molecule has 8 heteroatoms. The molecule has 4 rings (SSSR count). The predicted octanol–water partition coefficient (Wildman–Crippen LogP) is 3.14. The van der Waals surface area contributed by atoms with Crippen LogP contribution < -0.4 is 5.32 Å². The summed E-state index contributed by atoms with van der Waals surface area (Å²) in [6.07, 6.45) is 6.00. The Labute approximate surface area is 174 Å². The van der Waals surface area contributed by atoms with Crippen molar-refractivity contribution in [3.05, 3.63) is 72.7 Å². The molecule has 0 atom stereocenters. The van der Waals surface area contributed by atoms with Crippen molar-refractivity contribution in [3.63, 3.8) is 0 Å². The molecule has 0 spiro atoms. The number of carbonyl (C=O) groups excluding carboxylic acids is 1. The van der Waals surface area contributed by atoms with Crippen LogP contribution in [0.1, 0.15) is 24.2 Å². The molecular weight excluding hydrogens is 378 g/mol. The molecule has 4 aromatic rings. The summed E-state index contributed by atoms with van der Waals surface area (Å²) >= 11 is 0. The molecule has 0 aliphatic rings. The molecule has 8 nitrogen and oxygen atoms in total. The average molecular weight is 401 g/mol. The van der Waals surface area contributed by atoms with Crippen molar-refractivity contribution in [1.82, 2.24) is 35.0 Å². The second kappa shape index (κ2) is 9.13. The number of pyridine rings is 1. The summed E-state index contributed by atoms with van der Waals surface area (Å²) in [6, 6.07) is 14.0. The summed E-state index contributed by atoms with van der Waals surface area (Å²) in [5.41, 5.74) is 4.67. The summed E-state index contributed by atoms with van der Waals surface area (Å²) in [7, 11) is 0. The molecule has 0 aliphatic heterocycles. The number of hydrogen-bond donors (Lipinski definition) is 2. The van der Waals surface area contributed by atoms with Crippen LogP contribution in [0.3, 0.4) is 0 Å². The fourth-order valence-electron chi connectivity index (χ4n) is 3.14. The van der Waals surface area contributed by atoms with E-state index in [4.69, 9.17) is 4.98 Å². The lowest BCUT2D eigenvalue weighted by atomic mass is 10.1. The summed E-state index contributed by atoms with van der Waals surface area (Å²) in [4.78, 5) is 28.6. The van der Waals surface area contributed by atoms with Gasteiger partial charge in [0, 0.05) is 24.7 Å². The van der Waals surface area contributed by atoms with E-state index in [0.717, 1.165) is 22.6 Å². The minimum atomic E-state index is -0.0252. The third-order valence-electron chi connectivity index (χ3n) is 4.71. The zero-order valence-electron chi connectivity index (χ0n) is 16.7. The fraction of sp³-hybridized carbons (Fsp3) is 0.227. The number of nitrogens with one attached hydrogen (secondary N) is 2. The number of aromatic nitrogens is 6. The van der Waals surface area contributed by atoms with Gasteiger partial charge in [0.2, 0.25) is 5.91 Å². The van der Waals surface area contributed by atoms with Crippen LogP contribution in [0, 0.1) is 6.92 Å². The van der Waals surface area contributed by atoms with Crippen molar-refractivity contribution in [3.8, 4) is 22.6 Å². The maximum absolute atomic E-state index is 12.2. The SMILES string of the molecule is Cc1ccc(-c2nc(CNC(=O)CCCn3cncn3)[nH]c2-c2ccccn2)cc1. The third-order valence-corrected chi connectivity index (χ3v) is 4.71. The molecule has 3 heterocycles. The molecule has 152 valence electrons. The normalized spacial score (nSPS) is 10.8. The van der Waals surface area contributed by atoms with E-state index < -0.39 is 0 Å². The van der Waals surface area contributed by atoms with Crippen molar-refractivity contribution >= 4 is 5.91 Å². The molecule has 0 saturated heterocycles. The highest BCUT2D eigenvalue weighted by Gasteiger charge is 2.15. The summed E-state index contributed by atoms with van der Waals surface area (Å²) < 4.78 is 1.72. The van der Waals surface area contributed by atoms with Crippen LogP contribution in [-0.4, -0.2) is 35.6 Å². The van der Waals surface area contributed by atoms with E-state index in [0.29, 0.717) is 31.8 Å². The molecule has 0 radical (unpaired) electrons. The van der Waals surface area contributed by atoms with Crippen LogP contribution in [0.25, 0.3) is 22.6 Å². The van der Waals surface area contributed by atoms with E-state index in [1.54, 1.807) is 17.2 Å². The number of aryl methyl sites for hydroxylation is 2. The smallest absolute Gasteiger partial charge is 0.220 e. The van der Waals surface area contributed by atoms with E-state index in [1.807, 2.05) is 30.3 Å². The molecule has 3 aromatic heterocycles. The van der Waals surface area contributed by atoms with Gasteiger partial charge in [0.25, 0.3) is 0 Å². The van der Waals surface area contributed by atoms with Gasteiger partial charge in [-0.2, -0.15) is 5.10 Å². The van der Waals surface area contributed by atoms with Gasteiger partial charge in [-0.3, -0.25) is 14.5 Å². The first-order valence-corrected chi connectivity index (χ1v) is 9.85. The van der Waals surface area contributed by atoms with Gasteiger partial charge in [-0.25, -0.2) is 9.97 Å². The number of nitrogens with zero attached hydrogens (tertiary/aromatic N) is 5. The quantitative estimate of drug-likeness (QED) is 0.472. The maximum atomic E-state index is 12.2. The van der Waals surface area contributed by atoms with Gasteiger partial charge in [-0.15, -0.1) is 0 Å². The van der Waals surface area contributed by atoms with Crippen LogP contribution in [-0.2, 0) is 17.9 Å². The number of imidazole rings is 1. The second-order valence-electron chi connectivity index (χ2n) is 7.03. The number of amides is 1. The minimum Gasteiger partial charge on any atom is -0.349 e. The van der Waals surface area contributed by atoms with Crippen molar-refractivity contribution in [2.45, 2.75) is 32.9 Å². The van der Waals surface area contributed by atoms with Crippen molar-refractivity contribution in [2.75, 3.05) is 0 Å². The Kier molecular flexibility index (Phi) is 5.93. The first-order chi connectivity index (χ1) is 14.7. The van der Waals surface area contributed by atoms with Gasteiger partial charge >= 0.3 is 0 Å². The first kappa shape index (κ1) is 19.5. The van der Waals surface area contributed by atoms with Crippen LogP contribution in [0.5, 0.6) is 0 Å². The van der Waals surface area contributed by atoms with Gasteiger partial charge < -0.3 is 10.3 Å². The molecule has 30 heavy (non-hydrogen) atoms. The number of H-pyrrole nitrogens is 1. The van der Waals surface area contributed by atoms with E-state index >= 15 is 0 Å². The van der Waals surface area contributed by atoms with Crippen LogP contribution in [0.15, 0.2) is 61.3 Å². The molecule has 0 bridgehead atoms. The van der Waals surface area contributed by atoms with Crippen LogP contribution >= 0.6 is 0 Å². The second-order valence-corrected chi connectivity index (χ2v) is 7.03. The molecule has 0 aliphatic carbocycles. The average Bonchev–Trinajstić information content (AvgIpc) is 3.44. The highest BCUT2D eigenvalue weighted by molar-refractivity contribution is 5.77. The van der Waals surface area contributed by atoms with E-state index in [1.165, 1.54) is 11.9 Å². The largest absolute Gasteiger partial charge is 0.349 e. The standard InChI is InChI=1S/C22H23N7O/c1-16-7-9-17(10-8-16)21-22(18-5-2-3-11-24-18)28-19(27-21)13-25-20(30)6-4-12-29-15-23-14-26-29/h2-3,5,7-11,14-15H,4,6,12-13H2,1H3,(H,25,30)(H,27,28). The van der Waals surface area contributed by atoms with Crippen molar-refractivity contribution in [2.24, 2.45) is 0 Å². The topological polar surface area (TPSA) is 101 Å². The minimum absolute atomic E-state index is 0.0252. The Morgan fingerprint density at radius 1 is 1.17 bits per heavy atom. The van der Waals surface area contributed by atoms with Crippen molar-refractivity contribution in [1.29, 1.82) is 0 Å². The summed E-state index contributed by atoms with van der Waals surface area (Å²) in [5.74, 6) is 0.665. The van der Waals surface area contributed by atoms with Gasteiger partial charge in [-0.1, -0.05) is 35.9 Å². The highest BCUT2D eigenvalue weighted by atomic mass is 16.1. The monoisotopic (exact) mass is 401 g/mol. The Balaban J connectivity index is 1.45. The fourth-order valence-corrected chi connectivity index (χ4v) is 3.14. The number of benzene rings is 1. The molecule has 1 amide bonds. The molecule has 0 fully saturated rings. The van der Waals surface area contributed by atoms with Crippen molar-refractivity contribution < 1.29 is 4.79 Å². The maximum Gasteiger partial charge on any atom is 0.220 e. The molecule has 2 N–H and O–H groups in total. The first-order valence-electron chi connectivity index (χ1n) is 9.85. The Morgan fingerprint density at radius 2 is 2.03 bits per heavy atom. The van der Waals surface area contributed by atoms with Crippen LogP contribution in [0.2, 0.25) is 0 Å². The van der Waals surface area contributed by atoms with E-state index in [2.05, 4.69) is 44.4 Å². The van der Waals surface area contributed by atoms with E-state index in [9.17, 15) is 4.79 Å². The van der Waals surface area contributed by atoms with Gasteiger partial charge in [0.05, 0.1) is 23.6 Å².